The second-order valence-electron chi connectivity index (χ2n) is 11.5. The summed E-state index contributed by atoms with van der Waals surface area (Å²) in [4.78, 5) is 61.9. The van der Waals surface area contributed by atoms with Gasteiger partial charge in [-0.1, -0.05) is 13.8 Å². The first kappa shape index (κ1) is 35.4. The molecule has 0 aliphatic carbocycles. The Labute approximate surface area is 274 Å². The standard InChI is InChI=1S/C32H35F3N6O7/c1-17(2)46-29(44)38-25-15-21(11-13-36-25)19(5)31(20(6)22-12-14-37-26(16-22)39-30(45)47-18(3)4)27(42)41(28(43)40-31)23-7-9-24(10-8-23)48-32(33,34)35/h7-20H,1-6H3,(H,40,43)(H,36,38,44)(H,37,39,45). The maximum Gasteiger partial charge on any atom is 0.573 e. The van der Waals surface area contributed by atoms with Gasteiger partial charge < -0.3 is 19.5 Å². The number of imide groups is 1. The van der Waals surface area contributed by atoms with E-state index in [1.165, 1.54) is 24.5 Å². The molecule has 1 aliphatic heterocycles. The van der Waals surface area contributed by atoms with Crippen LogP contribution in [0.25, 0.3) is 0 Å². The summed E-state index contributed by atoms with van der Waals surface area (Å²) >= 11 is 0. The van der Waals surface area contributed by atoms with Gasteiger partial charge in [-0.15, -0.1) is 13.2 Å². The number of hydrogen-bond donors (Lipinski definition) is 3. The van der Waals surface area contributed by atoms with Crippen LogP contribution in [0.15, 0.2) is 60.9 Å². The molecule has 1 fully saturated rings. The van der Waals surface area contributed by atoms with Gasteiger partial charge >= 0.3 is 24.6 Å². The molecule has 13 nitrogen and oxygen atoms in total. The second kappa shape index (κ2) is 14.1. The molecule has 48 heavy (non-hydrogen) atoms. The monoisotopic (exact) mass is 672 g/mol. The third-order valence-corrected chi connectivity index (χ3v) is 7.48. The van der Waals surface area contributed by atoms with Crippen LogP contribution in [0.5, 0.6) is 5.75 Å². The van der Waals surface area contributed by atoms with Crippen molar-refractivity contribution in [3.8, 4) is 5.75 Å². The van der Waals surface area contributed by atoms with Crippen molar-refractivity contribution in [3.63, 3.8) is 0 Å². The quantitative estimate of drug-likeness (QED) is 0.199. The Bertz CT molecular complexity index is 1590. The van der Waals surface area contributed by atoms with Crippen molar-refractivity contribution in [2.24, 2.45) is 0 Å². The average molecular weight is 673 g/mol. The zero-order chi connectivity index (χ0) is 35.4. The van der Waals surface area contributed by atoms with Crippen LogP contribution in [0, 0.1) is 0 Å². The van der Waals surface area contributed by atoms with Crippen molar-refractivity contribution in [2.45, 2.75) is 77.5 Å². The minimum atomic E-state index is -4.93. The highest BCUT2D eigenvalue weighted by Crippen LogP contribution is 2.45. The number of benzene rings is 1. The van der Waals surface area contributed by atoms with E-state index in [4.69, 9.17) is 9.47 Å². The summed E-state index contributed by atoms with van der Waals surface area (Å²) in [5.74, 6) is -2.61. The first-order valence-corrected chi connectivity index (χ1v) is 14.9. The number of ether oxygens (including phenoxy) is 3. The number of anilines is 3. The molecule has 4 rings (SSSR count). The van der Waals surface area contributed by atoms with E-state index in [0.717, 1.165) is 29.2 Å². The number of hydrogen-bond acceptors (Lipinski definition) is 9. The van der Waals surface area contributed by atoms with Crippen molar-refractivity contribution in [1.82, 2.24) is 15.3 Å². The fourth-order valence-corrected chi connectivity index (χ4v) is 5.35. The van der Waals surface area contributed by atoms with Crippen LogP contribution in [-0.2, 0) is 14.3 Å². The zero-order valence-electron chi connectivity index (χ0n) is 26.9. The fraction of sp³-hybridized carbons (Fsp3) is 0.375. The summed E-state index contributed by atoms with van der Waals surface area (Å²) < 4.78 is 52.5. The lowest BCUT2D eigenvalue weighted by atomic mass is 9.70. The summed E-state index contributed by atoms with van der Waals surface area (Å²) in [6.07, 6.45) is -4.37. The van der Waals surface area contributed by atoms with Crippen LogP contribution in [-0.4, -0.2) is 58.2 Å². The Morgan fingerprint density at radius 1 is 0.792 bits per heavy atom. The van der Waals surface area contributed by atoms with Crippen LogP contribution in [0.4, 0.5) is 44.9 Å². The number of rotatable bonds is 10. The number of aromatic nitrogens is 2. The van der Waals surface area contributed by atoms with Gasteiger partial charge in [-0.05, 0) is 87.4 Å². The van der Waals surface area contributed by atoms with Crippen LogP contribution in [0.2, 0.25) is 0 Å². The summed E-state index contributed by atoms with van der Waals surface area (Å²) in [5.41, 5.74) is -0.731. The van der Waals surface area contributed by atoms with Crippen molar-refractivity contribution in [3.05, 3.63) is 72.1 Å². The van der Waals surface area contributed by atoms with Gasteiger partial charge in [0.1, 0.15) is 22.9 Å². The SMILES string of the molecule is CC(C)OC(=O)Nc1cc(C(C)C2(C(C)c3ccnc(NC(=O)OC(C)C)c3)NC(=O)N(c3ccc(OC(F)(F)F)cc3)C2=O)ccn1. The van der Waals surface area contributed by atoms with Gasteiger partial charge in [-0.25, -0.2) is 29.3 Å². The average Bonchev–Trinajstić information content (AvgIpc) is 3.25. The van der Waals surface area contributed by atoms with Crippen molar-refractivity contribution < 1.29 is 46.6 Å². The van der Waals surface area contributed by atoms with Crippen molar-refractivity contribution >= 4 is 41.4 Å². The molecule has 1 saturated heterocycles. The van der Waals surface area contributed by atoms with E-state index < -0.39 is 65.8 Å². The number of pyridine rings is 2. The highest BCUT2D eigenvalue weighted by atomic mass is 19.4. The smallest absolute Gasteiger partial charge is 0.447 e. The fourth-order valence-electron chi connectivity index (χ4n) is 5.35. The number of amides is 5. The number of carbonyl (C=O) groups is 4. The molecule has 0 bridgehead atoms. The molecule has 1 aromatic carbocycles. The molecule has 1 aliphatic rings. The first-order chi connectivity index (χ1) is 22.5. The topological polar surface area (TPSA) is 161 Å². The normalized spacial score (nSPS) is 17.5. The molecule has 0 spiro atoms. The number of carbonyl (C=O) groups excluding carboxylic acids is 4. The van der Waals surface area contributed by atoms with Gasteiger partial charge in [0.2, 0.25) is 0 Å². The van der Waals surface area contributed by atoms with Crippen LogP contribution < -0.4 is 25.6 Å². The Balaban J connectivity index is 1.76. The van der Waals surface area contributed by atoms with Gasteiger partial charge in [-0.3, -0.25) is 15.4 Å². The van der Waals surface area contributed by atoms with Gasteiger partial charge in [0.05, 0.1) is 17.9 Å². The third kappa shape index (κ3) is 8.11. The van der Waals surface area contributed by atoms with E-state index in [1.54, 1.807) is 53.7 Å². The number of nitrogens with zero attached hydrogens (tertiary/aromatic N) is 3. The van der Waals surface area contributed by atoms with Crippen molar-refractivity contribution in [2.75, 3.05) is 15.5 Å². The Morgan fingerprint density at radius 2 is 1.25 bits per heavy atom. The van der Waals surface area contributed by atoms with E-state index >= 15 is 0 Å². The molecule has 3 N–H and O–H groups in total. The number of alkyl halides is 3. The highest BCUT2D eigenvalue weighted by Gasteiger charge is 2.58. The molecule has 2 aromatic heterocycles. The van der Waals surface area contributed by atoms with Gasteiger partial charge in [0.25, 0.3) is 5.91 Å². The second-order valence-corrected chi connectivity index (χ2v) is 11.5. The van der Waals surface area contributed by atoms with E-state index in [0.29, 0.717) is 11.1 Å². The summed E-state index contributed by atoms with van der Waals surface area (Å²) in [6.45, 7) is 10.1. The summed E-state index contributed by atoms with van der Waals surface area (Å²) in [6, 6.07) is 9.77. The van der Waals surface area contributed by atoms with Crippen LogP contribution in [0.3, 0.4) is 0 Å². The van der Waals surface area contributed by atoms with E-state index in [1.807, 2.05) is 0 Å². The molecule has 3 aromatic rings. The van der Waals surface area contributed by atoms with Crippen molar-refractivity contribution in [1.29, 1.82) is 0 Å². The molecule has 2 unspecified atom stereocenters. The number of urea groups is 1. The Morgan fingerprint density at radius 3 is 1.67 bits per heavy atom. The van der Waals surface area contributed by atoms with E-state index in [-0.39, 0.29) is 17.3 Å². The maximum absolute atomic E-state index is 14.6. The summed E-state index contributed by atoms with van der Waals surface area (Å²) in [7, 11) is 0. The van der Waals surface area contributed by atoms with Crippen LogP contribution >= 0.6 is 0 Å². The third-order valence-electron chi connectivity index (χ3n) is 7.48. The van der Waals surface area contributed by atoms with Gasteiger partial charge in [0, 0.05) is 24.2 Å². The molecular weight excluding hydrogens is 637 g/mol. The molecule has 256 valence electrons. The van der Waals surface area contributed by atoms with E-state index in [9.17, 15) is 32.3 Å². The Kier molecular flexibility index (Phi) is 10.4. The highest BCUT2D eigenvalue weighted by molar-refractivity contribution is 6.24. The van der Waals surface area contributed by atoms with Gasteiger partial charge in [0.15, 0.2) is 0 Å². The van der Waals surface area contributed by atoms with Crippen LogP contribution in [0.1, 0.15) is 64.5 Å². The molecule has 5 amide bonds. The van der Waals surface area contributed by atoms with Gasteiger partial charge in [-0.2, -0.15) is 0 Å². The zero-order valence-corrected chi connectivity index (χ0v) is 26.9. The molecule has 0 saturated carbocycles. The molecule has 0 radical (unpaired) electrons. The molecule has 2 atom stereocenters. The lowest BCUT2D eigenvalue weighted by Crippen LogP contribution is -2.55. The minimum Gasteiger partial charge on any atom is -0.447 e. The largest absolute Gasteiger partial charge is 0.573 e. The maximum atomic E-state index is 14.6. The summed E-state index contributed by atoms with van der Waals surface area (Å²) in [5, 5.41) is 7.93. The molecular formula is C32H35F3N6O7. The van der Waals surface area contributed by atoms with E-state index in [2.05, 4.69) is 30.7 Å². The molecule has 16 heteroatoms. The Hall–Kier alpha value is -5.41. The number of nitrogens with one attached hydrogen (secondary N) is 3. The first-order valence-electron chi connectivity index (χ1n) is 14.9. The lowest BCUT2D eigenvalue weighted by Gasteiger charge is -2.39. The lowest BCUT2D eigenvalue weighted by molar-refractivity contribution is -0.274. The predicted molar refractivity (Wildman–Crippen MR) is 168 cm³/mol. The minimum absolute atomic E-state index is 0.00432. The molecule has 3 heterocycles. The predicted octanol–water partition coefficient (Wildman–Crippen LogP) is 6.69. The number of halogens is 3.